The number of aromatic nitrogens is 2. The molecular formula is C24H24N4O3. The van der Waals surface area contributed by atoms with Crippen molar-refractivity contribution in [3.8, 4) is 11.8 Å². The smallest absolute Gasteiger partial charge is 0.322 e. The van der Waals surface area contributed by atoms with E-state index in [0.717, 1.165) is 22.6 Å². The SMILES string of the molecule is Cc1ccc(N2CC(C(=O)Nc3ccc(Oc4nc(C)cc(C)n4)cc3)CC2=O)cc1. The molecule has 1 unspecified atom stereocenters. The zero-order chi connectivity index (χ0) is 22.0. The lowest BCUT2D eigenvalue weighted by Crippen LogP contribution is -2.28. The monoisotopic (exact) mass is 416 g/mol. The van der Waals surface area contributed by atoms with Crippen LogP contribution in [0.3, 0.4) is 0 Å². The first-order valence-electron chi connectivity index (χ1n) is 10.2. The van der Waals surface area contributed by atoms with E-state index in [9.17, 15) is 9.59 Å². The van der Waals surface area contributed by atoms with Crippen LogP contribution in [0.4, 0.5) is 11.4 Å². The van der Waals surface area contributed by atoms with E-state index < -0.39 is 5.92 Å². The number of ether oxygens (including phenoxy) is 1. The molecule has 7 heteroatoms. The lowest BCUT2D eigenvalue weighted by molar-refractivity contribution is -0.122. The van der Waals surface area contributed by atoms with Crippen LogP contribution in [0, 0.1) is 26.7 Å². The first kappa shape index (κ1) is 20.5. The van der Waals surface area contributed by atoms with E-state index >= 15 is 0 Å². The lowest BCUT2D eigenvalue weighted by Gasteiger charge is -2.17. The van der Waals surface area contributed by atoms with Crippen LogP contribution in [0.1, 0.15) is 23.4 Å². The second kappa shape index (κ2) is 8.55. The van der Waals surface area contributed by atoms with Gasteiger partial charge in [0.05, 0.1) is 5.92 Å². The summed E-state index contributed by atoms with van der Waals surface area (Å²) in [4.78, 5) is 35.3. The summed E-state index contributed by atoms with van der Waals surface area (Å²) < 4.78 is 5.70. The molecule has 1 N–H and O–H groups in total. The number of amides is 2. The van der Waals surface area contributed by atoms with Crippen molar-refractivity contribution in [2.75, 3.05) is 16.8 Å². The van der Waals surface area contributed by atoms with Gasteiger partial charge in [0.25, 0.3) is 0 Å². The number of carbonyl (C=O) groups excluding carboxylic acids is 2. The van der Waals surface area contributed by atoms with Crippen molar-refractivity contribution in [1.82, 2.24) is 9.97 Å². The standard InChI is InChI=1S/C24H24N4O3/c1-15-4-8-20(9-5-15)28-14-18(13-22(28)29)23(30)27-19-6-10-21(11-7-19)31-24-25-16(2)12-17(3)26-24/h4-12,18H,13-14H2,1-3H3,(H,27,30). The molecule has 7 nitrogen and oxygen atoms in total. The summed E-state index contributed by atoms with van der Waals surface area (Å²) in [5.41, 5.74) is 4.25. The summed E-state index contributed by atoms with van der Waals surface area (Å²) in [7, 11) is 0. The fraction of sp³-hybridized carbons (Fsp3) is 0.250. The van der Waals surface area contributed by atoms with Crippen molar-refractivity contribution in [3.63, 3.8) is 0 Å². The summed E-state index contributed by atoms with van der Waals surface area (Å²) in [6.07, 6.45) is 0.199. The molecule has 0 radical (unpaired) electrons. The molecule has 2 aromatic carbocycles. The molecule has 0 bridgehead atoms. The molecule has 0 saturated carbocycles. The first-order valence-corrected chi connectivity index (χ1v) is 10.2. The van der Waals surface area contributed by atoms with Crippen molar-refractivity contribution in [1.29, 1.82) is 0 Å². The quantitative estimate of drug-likeness (QED) is 0.674. The molecule has 4 rings (SSSR count). The van der Waals surface area contributed by atoms with Crippen LogP contribution in [-0.4, -0.2) is 28.3 Å². The molecule has 1 aliphatic heterocycles. The van der Waals surface area contributed by atoms with E-state index in [2.05, 4.69) is 15.3 Å². The predicted molar refractivity (Wildman–Crippen MR) is 118 cm³/mol. The third-order valence-corrected chi connectivity index (χ3v) is 5.13. The zero-order valence-electron chi connectivity index (χ0n) is 17.8. The molecule has 1 aromatic heterocycles. The van der Waals surface area contributed by atoms with Gasteiger partial charge in [-0.2, -0.15) is 0 Å². The number of benzene rings is 2. The normalized spacial score (nSPS) is 15.8. The van der Waals surface area contributed by atoms with Gasteiger partial charge >= 0.3 is 6.01 Å². The van der Waals surface area contributed by atoms with Gasteiger partial charge in [-0.1, -0.05) is 17.7 Å². The van der Waals surface area contributed by atoms with E-state index in [4.69, 9.17) is 4.74 Å². The van der Waals surface area contributed by atoms with E-state index in [0.29, 0.717) is 18.0 Å². The van der Waals surface area contributed by atoms with Gasteiger partial charge in [-0.15, -0.1) is 0 Å². The molecule has 1 saturated heterocycles. The molecule has 2 amide bonds. The van der Waals surface area contributed by atoms with Crippen LogP contribution >= 0.6 is 0 Å². The third kappa shape index (κ3) is 4.88. The number of anilines is 2. The minimum absolute atomic E-state index is 0.0406. The molecule has 31 heavy (non-hydrogen) atoms. The molecule has 1 fully saturated rings. The first-order chi connectivity index (χ1) is 14.9. The Labute approximate surface area is 181 Å². The van der Waals surface area contributed by atoms with Crippen molar-refractivity contribution in [2.24, 2.45) is 5.92 Å². The Bertz CT molecular complexity index is 1090. The van der Waals surface area contributed by atoms with Gasteiger partial charge in [-0.25, -0.2) is 9.97 Å². The van der Waals surface area contributed by atoms with E-state index in [-0.39, 0.29) is 24.2 Å². The van der Waals surface area contributed by atoms with Gasteiger partial charge in [-0.3, -0.25) is 9.59 Å². The van der Waals surface area contributed by atoms with Crippen molar-refractivity contribution >= 4 is 23.2 Å². The van der Waals surface area contributed by atoms with Gasteiger partial charge in [0.15, 0.2) is 0 Å². The van der Waals surface area contributed by atoms with E-state index in [1.807, 2.05) is 51.1 Å². The number of nitrogens with one attached hydrogen (secondary N) is 1. The van der Waals surface area contributed by atoms with E-state index in [1.54, 1.807) is 29.2 Å². The molecule has 0 aliphatic carbocycles. The fourth-order valence-corrected chi connectivity index (χ4v) is 3.55. The van der Waals surface area contributed by atoms with Gasteiger partial charge in [0.2, 0.25) is 11.8 Å². The average Bonchev–Trinajstić information content (AvgIpc) is 3.11. The number of aryl methyl sites for hydroxylation is 3. The highest BCUT2D eigenvalue weighted by Crippen LogP contribution is 2.27. The molecule has 158 valence electrons. The molecule has 1 aliphatic rings. The minimum atomic E-state index is -0.395. The Morgan fingerprint density at radius 1 is 1.00 bits per heavy atom. The molecule has 3 aromatic rings. The zero-order valence-corrected chi connectivity index (χ0v) is 17.8. The number of hydrogen-bond acceptors (Lipinski definition) is 5. The molecule has 1 atom stereocenters. The number of rotatable bonds is 5. The number of hydrogen-bond donors (Lipinski definition) is 1. The fourth-order valence-electron chi connectivity index (χ4n) is 3.55. The summed E-state index contributed by atoms with van der Waals surface area (Å²) in [6, 6.07) is 16.9. The van der Waals surface area contributed by atoms with Crippen molar-refractivity contribution < 1.29 is 14.3 Å². The summed E-state index contributed by atoms with van der Waals surface area (Å²) in [5.74, 6) is -0.0338. The van der Waals surface area contributed by atoms with Crippen molar-refractivity contribution in [3.05, 3.63) is 71.5 Å². The van der Waals surface area contributed by atoms with Gasteiger partial charge in [-0.05, 0) is 63.2 Å². The van der Waals surface area contributed by atoms with Crippen LogP contribution in [-0.2, 0) is 9.59 Å². The molecule has 0 spiro atoms. The van der Waals surface area contributed by atoms with Crippen LogP contribution in [0.5, 0.6) is 11.8 Å². The predicted octanol–water partition coefficient (Wildman–Crippen LogP) is 4.19. The summed E-state index contributed by atoms with van der Waals surface area (Å²) in [6.45, 7) is 6.14. The maximum absolute atomic E-state index is 12.7. The number of nitrogens with zero attached hydrogens (tertiary/aromatic N) is 3. The third-order valence-electron chi connectivity index (χ3n) is 5.13. The Balaban J connectivity index is 1.37. The van der Waals surface area contributed by atoms with Gasteiger partial charge in [0.1, 0.15) is 5.75 Å². The van der Waals surface area contributed by atoms with Gasteiger partial charge in [0, 0.05) is 35.7 Å². The number of carbonyl (C=O) groups is 2. The summed E-state index contributed by atoms with van der Waals surface area (Å²) >= 11 is 0. The second-order valence-electron chi connectivity index (χ2n) is 7.79. The Kier molecular flexibility index (Phi) is 5.66. The highest BCUT2D eigenvalue weighted by atomic mass is 16.5. The van der Waals surface area contributed by atoms with Crippen LogP contribution < -0.4 is 15.0 Å². The van der Waals surface area contributed by atoms with E-state index in [1.165, 1.54) is 0 Å². The highest BCUT2D eigenvalue weighted by molar-refractivity contribution is 6.03. The van der Waals surface area contributed by atoms with Crippen LogP contribution in [0.15, 0.2) is 54.6 Å². The molecular weight excluding hydrogens is 392 g/mol. The highest BCUT2D eigenvalue weighted by Gasteiger charge is 2.35. The van der Waals surface area contributed by atoms with Crippen LogP contribution in [0.25, 0.3) is 0 Å². The Hall–Kier alpha value is -3.74. The Morgan fingerprint density at radius 2 is 1.65 bits per heavy atom. The maximum Gasteiger partial charge on any atom is 0.322 e. The average molecular weight is 416 g/mol. The summed E-state index contributed by atoms with van der Waals surface area (Å²) in [5, 5.41) is 2.89. The van der Waals surface area contributed by atoms with Crippen LogP contribution in [0.2, 0.25) is 0 Å². The molecule has 2 heterocycles. The maximum atomic E-state index is 12.7. The lowest BCUT2D eigenvalue weighted by atomic mass is 10.1. The largest absolute Gasteiger partial charge is 0.424 e. The van der Waals surface area contributed by atoms with Crippen molar-refractivity contribution in [2.45, 2.75) is 27.2 Å². The second-order valence-corrected chi connectivity index (χ2v) is 7.79. The van der Waals surface area contributed by atoms with Gasteiger partial charge < -0.3 is 15.0 Å². The minimum Gasteiger partial charge on any atom is -0.424 e. The topological polar surface area (TPSA) is 84.4 Å². The Morgan fingerprint density at radius 3 is 2.29 bits per heavy atom.